The van der Waals surface area contributed by atoms with E-state index in [4.69, 9.17) is 11.6 Å². The van der Waals surface area contributed by atoms with Crippen LogP contribution in [-0.2, 0) is 4.79 Å². The van der Waals surface area contributed by atoms with Crippen molar-refractivity contribution >= 4 is 44.9 Å². The highest BCUT2D eigenvalue weighted by atomic mass is 79.9. The quantitative estimate of drug-likeness (QED) is 0.696. The van der Waals surface area contributed by atoms with E-state index in [0.717, 1.165) is 36.0 Å². The average Bonchev–Trinajstić information content (AvgIpc) is 2.65. The van der Waals surface area contributed by atoms with Gasteiger partial charge in [0, 0.05) is 16.0 Å². The third-order valence-electron chi connectivity index (χ3n) is 4.59. The van der Waals surface area contributed by atoms with Crippen LogP contribution in [0.3, 0.4) is 0 Å². The zero-order valence-electron chi connectivity index (χ0n) is 14.3. The minimum atomic E-state index is -0.0953. The van der Waals surface area contributed by atoms with Crippen molar-refractivity contribution < 1.29 is 9.59 Å². The molecule has 6 heteroatoms. The maximum Gasteiger partial charge on any atom is 0.238 e. The molecule has 0 aromatic heterocycles. The summed E-state index contributed by atoms with van der Waals surface area (Å²) in [4.78, 5) is 26.9. The molecular formula is C20H20BrClN2O2. The molecule has 1 fully saturated rings. The second-order valence-corrected chi connectivity index (χ2v) is 7.78. The molecule has 0 saturated carbocycles. The van der Waals surface area contributed by atoms with E-state index >= 15 is 0 Å². The highest BCUT2D eigenvalue weighted by Crippen LogP contribution is 2.26. The fourth-order valence-corrected chi connectivity index (χ4v) is 3.90. The van der Waals surface area contributed by atoms with E-state index in [2.05, 4.69) is 26.1 Å². The van der Waals surface area contributed by atoms with Gasteiger partial charge in [0.2, 0.25) is 5.91 Å². The van der Waals surface area contributed by atoms with Crippen LogP contribution < -0.4 is 5.32 Å². The lowest BCUT2D eigenvalue weighted by molar-refractivity contribution is -0.117. The van der Waals surface area contributed by atoms with Gasteiger partial charge in [-0.05, 0) is 44.1 Å². The molecule has 1 aliphatic rings. The highest BCUT2D eigenvalue weighted by molar-refractivity contribution is 9.10. The molecule has 0 bridgehead atoms. The van der Waals surface area contributed by atoms with Crippen LogP contribution in [0, 0.1) is 5.92 Å². The normalized spacial score (nSPS) is 15.6. The van der Waals surface area contributed by atoms with E-state index in [1.165, 1.54) is 0 Å². The van der Waals surface area contributed by atoms with Gasteiger partial charge in [0.05, 0.1) is 17.3 Å². The molecule has 2 aromatic rings. The Morgan fingerprint density at radius 3 is 2.46 bits per heavy atom. The number of Topliss-reactive ketones (excluding diaryl/α,β-unsaturated/α-hetero) is 1. The number of hydrogen-bond donors (Lipinski definition) is 1. The van der Waals surface area contributed by atoms with Crippen LogP contribution in [0.25, 0.3) is 0 Å². The monoisotopic (exact) mass is 434 g/mol. The Morgan fingerprint density at radius 2 is 1.81 bits per heavy atom. The lowest BCUT2D eigenvalue weighted by Crippen LogP contribution is -2.40. The maximum atomic E-state index is 12.5. The summed E-state index contributed by atoms with van der Waals surface area (Å²) in [6.07, 6.45) is 1.56. The van der Waals surface area contributed by atoms with Crippen molar-refractivity contribution in [1.29, 1.82) is 0 Å². The second kappa shape index (κ2) is 8.80. The molecule has 26 heavy (non-hydrogen) atoms. The van der Waals surface area contributed by atoms with Gasteiger partial charge in [-0.15, -0.1) is 0 Å². The third kappa shape index (κ3) is 4.93. The third-order valence-corrected chi connectivity index (χ3v) is 5.40. The van der Waals surface area contributed by atoms with Gasteiger partial charge < -0.3 is 5.32 Å². The van der Waals surface area contributed by atoms with Crippen molar-refractivity contribution in [2.75, 3.05) is 25.0 Å². The molecule has 3 rings (SSSR count). The number of hydrogen-bond acceptors (Lipinski definition) is 3. The molecule has 1 saturated heterocycles. The Hall–Kier alpha value is -1.69. The Balaban J connectivity index is 1.49. The molecule has 0 unspecified atom stereocenters. The van der Waals surface area contributed by atoms with Gasteiger partial charge in [0.25, 0.3) is 0 Å². The van der Waals surface area contributed by atoms with E-state index in [1.807, 2.05) is 36.4 Å². The number of ketones is 1. The standard InChI is InChI=1S/C20H20BrClN2O2/c21-16-6-7-18(17(22)12-16)23-19(25)13-24-10-8-15(9-11-24)20(26)14-4-2-1-3-5-14/h1-7,12,15H,8-11,13H2,(H,23,25). The lowest BCUT2D eigenvalue weighted by Gasteiger charge is -2.30. The Kier molecular flexibility index (Phi) is 6.46. The zero-order valence-corrected chi connectivity index (χ0v) is 16.6. The Bertz CT molecular complexity index is 790. The van der Waals surface area contributed by atoms with Gasteiger partial charge in [-0.25, -0.2) is 0 Å². The van der Waals surface area contributed by atoms with Gasteiger partial charge in [-0.1, -0.05) is 57.9 Å². The van der Waals surface area contributed by atoms with Crippen molar-refractivity contribution in [1.82, 2.24) is 4.90 Å². The van der Waals surface area contributed by atoms with Crippen molar-refractivity contribution in [3.8, 4) is 0 Å². The number of piperidine rings is 1. The number of likely N-dealkylation sites (tertiary alicyclic amines) is 1. The summed E-state index contributed by atoms with van der Waals surface area (Å²) in [6, 6.07) is 14.8. The van der Waals surface area contributed by atoms with E-state index in [9.17, 15) is 9.59 Å². The predicted molar refractivity (Wildman–Crippen MR) is 108 cm³/mol. The molecule has 1 heterocycles. The van der Waals surface area contributed by atoms with Gasteiger partial charge in [-0.2, -0.15) is 0 Å². The molecule has 0 radical (unpaired) electrons. The van der Waals surface area contributed by atoms with E-state index in [0.29, 0.717) is 17.3 Å². The van der Waals surface area contributed by atoms with Crippen LogP contribution in [-0.4, -0.2) is 36.2 Å². The van der Waals surface area contributed by atoms with Crippen LogP contribution in [0.5, 0.6) is 0 Å². The highest BCUT2D eigenvalue weighted by Gasteiger charge is 2.26. The van der Waals surface area contributed by atoms with Crippen LogP contribution >= 0.6 is 27.5 Å². The summed E-state index contributed by atoms with van der Waals surface area (Å²) in [5.41, 5.74) is 1.38. The summed E-state index contributed by atoms with van der Waals surface area (Å²) in [6.45, 7) is 1.79. The molecule has 4 nitrogen and oxygen atoms in total. The van der Waals surface area contributed by atoms with Crippen molar-refractivity contribution in [2.24, 2.45) is 5.92 Å². The number of carbonyl (C=O) groups is 2. The van der Waals surface area contributed by atoms with Crippen LogP contribution in [0.4, 0.5) is 5.69 Å². The van der Waals surface area contributed by atoms with E-state index < -0.39 is 0 Å². The number of rotatable bonds is 5. The number of nitrogens with zero attached hydrogens (tertiary/aromatic N) is 1. The van der Waals surface area contributed by atoms with E-state index in [1.54, 1.807) is 12.1 Å². The SMILES string of the molecule is O=C(CN1CCC(C(=O)c2ccccc2)CC1)Nc1ccc(Br)cc1Cl. The molecule has 1 amide bonds. The Morgan fingerprint density at radius 1 is 1.12 bits per heavy atom. The lowest BCUT2D eigenvalue weighted by atomic mass is 9.89. The van der Waals surface area contributed by atoms with Gasteiger partial charge in [-0.3, -0.25) is 14.5 Å². The first-order valence-electron chi connectivity index (χ1n) is 8.59. The van der Waals surface area contributed by atoms with Crippen LogP contribution in [0.15, 0.2) is 53.0 Å². The van der Waals surface area contributed by atoms with Crippen molar-refractivity contribution in [3.63, 3.8) is 0 Å². The van der Waals surface area contributed by atoms with E-state index in [-0.39, 0.29) is 17.6 Å². The molecule has 0 aliphatic carbocycles. The predicted octanol–water partition coefficient (Wildman–Crippen LogP) is 4.64. The number of halogens is 2. The van der Waals surface area contributed by atoms with Crippen LogP contribution in [0.2, 0.25) is 5.02 Å². The number of nitrogens with one attached hydrogen (secondary N) is 1. The summed E-state index contributed by atoms with van der Waals surface area (Å²) in [5, 5.41) is 3.34. The second-order valence-electron chi connectivity index (χ2n) is 6.45. The molecule has 1 aliphatic heterocycles. The summed E-state index contributed by atoms with van der Waals surface area (Å²) < 4.78 is 0.866. The fraction of sp³-hybridized carbons (Fsp3) is 0.300. The van der Waals surface area contributed by atoms with Crippen molar-refractivity contribution in [3.05, 3.63) is 63.6 Å². The average molecular weight is 436 g/mol. The first kappa shape index (κ1) is 19.1. The van der Waals surface area contributed by atoms with Crippen LogP contribution in [0.1, 0.15) is 23.2 Å². The molecule has 2 aromatic carbocycles. The number of benzene rings is 2. The smallest absolute Gasteiger partial charge is 0.238 e. The molecule has 1 N–H and O–H groups in total. The number of anilines is 1. The zero-order chi connectivity index (χ0) is 18.5. The largest absolute Gasteiger partial charge is 0.324 e. The van der Waals surface area contributed by atoms with Gasteiger partial charge in [0.15, 0.2) is 5.78 Å². The minimum absolute atomic E-state index is 0.0395. The summed E-state index contributed by atoms with van der Waals surface area (Å²) in [7, 11) is 0. The summed E-state index contributed by atoms with van der Waals surface area (Å²) in [5.74, 6) is 0.149. The molecular weight excluding hydrogens is 416 g/mol. The topological polar surface area (TPSA) is 49.4 Å². The van der Waals surface area contributed by atoms with Crippen molar-refractivity contribution in [2.45, 2.75) is 12.8 Å². The first-order valence-corrected chi connectivity index (χ1v) is 9.76. The first-order chi connectivity index (χ1) is 12.5. The fourth-order valence-electron chi connectivity index (χ4n) is 3.18. The summed E-state index contributed by atoms with van der Waals surface area (Å²) >= 11 is 9.48. The Labute approximate surface area is 166 Å². The van der Waals surface area contributed by atoms with Gasteiger partial charge in [0.1, 0.15) is 0 Å². The van der Waals surface area contributed by atoms with Gasteiger partial charge >= 0.3 is 0 Å². The maximum absolute atomic E-state index is 12.5. The minimum Gasteiger partial charge on any atom is -0.324 e. The molecule has 136 valence electrons. The molecule has 0 spiro atoms. The number of carbonyl (C=O) groups excluding carboxylic acids is 2. The number of amides is 1. The molecule has 0 atom stereocenters.